The molecule has 0 aromatic heterocycles. The summed E-state index contributed by atoms with van der Waals surface area (Å²) >= 11 is 0. The van der Waals surface area contributed by atoms with Gasteiger partial charge < -0.3 is 15.8 Å². The number of ether oxygens (including phenoxy) is 1. The van der Waals surface area contributed by atoms with Crippen LogP contribution in [0.15, 0.2) is 0 Å². The zero-order valence-corrected chi connectivity index (χ0v) is 12.3. The van der Waals surface area contributed by atoms with Crippen molar-refractivity contribution in [1.82, 2.24) is 5.32 Å². The fourth-order valence-electron chi connectivity index (χ4n) is 2.58. The lowest BCUT2D eigenvalue weighted by Crippen LogP contribution is -2.63. The Kier molecular flexibility index (Phi) is 5.17. The van der Waals surface area contributed by atoms with Gasteiger partial charge in [0.05, 0.1) is 12.0 Å². The van der Waals surface area contributed by atoms with Crippen LogP contribution >= 0.6 is 0 Å². The van der Waals surface area contributed by atoms with Gasteiger partial charge in [0.15, 0.2) is 0 Å². The summed E-state index contributed by atoms with van der Waals surface area (Å²) in [5, 5.41) is 3.13. The van der Waals surface area contributed by atoms with Crippen molar-refractivity contribution in [2.24, 2.45) is 23.0 Å². The molecule has 0 radical (unpaired) electrons. The second-order valence-electron chi connectivity index (χ2n) is 6.15. The number of carbonyl (C=O) groups is 1. The highest BCUT2D eigenvalue weighted by molar-refractivity contribution is 5.79. The van der Waals surface area contributed by atoms with E-state index in [2.05, 4.69) is 19.2 Å². The van der Waals surface area contributed by atoms with Crippen molar-refractivity contribution in [1.29, 1.82) is 0 Å². The average Bonchev–Trinajstić information content (AvgIpc) is 2.28. The molecular weight excluding hydrogens is 228 g/mol. The molecule has 4 nitrogen and oxygen atoms in total. The number of nitrogens with two attached hydrogens (primary N) is 1. The topological polar surface area (TPSA) is 64.3 Å². The van der Waals surface area contributed by atoms with E-state index in [1.54, 1.807) is 0 Å². The van der Waals surface area contributed by atoms with Crippen LogP contribution in [0.1, 0.15) is 41.0 Å². The fraction of sp³-hybridized carbons (Fsp3) is 0.929. The number of hydrogen-bond acceptors (Lipinski definition) is 3. The van der Waals surface area contributed by atoms with Crippen molar-refractivity contribution in [3.05, 3.63) is 0 Å². The highest BCUT2D eigenvalue weighted by Gasteiger charge is 2.49. The van der Waals surface area contributed by atoms with E-state index in [0.29, 0.717) is 6.54 Å². The van der Waals surface area contributed by atoms with Crippen LogP contribution in [-0.2, 0) is 9.53 Å². The van der Waals surface area contributed by atoms with E-state index in [1.165, 1.54) is 0 Å². The van der Waals surface area contributed by atoms with Crippen LogP contribution in [0.5, 0.6) is 0 Å². The van der Waals surface area contributed by atoms with Crippen molar-refractivity contribution in [3.8, 4) is 0 Å². The first-order valence-corrected chi connectivity index (χ1v) is 6.96. The van der Waals surface area contributed by atoms with Crippen molar-refractivity contribution in [2.75, 3.05) is 13.2 Å². The largest absolute Gasteiger partial charge is 0.378 e. The average molecular weight is 256 g/mol. The highest BCUT2D eigenvalue weighted by atomic mass is 16.5. The van der Waals surface area contributed by atoms with Crippen LogP contribution in [0.4, 0.5) is 0 Å². The lowest BCUT2D eigenvalue weighted by molar-refractivity contribution is -0.140. The summed E-state index contributed by atoms with van der Waals surface area (Å²) in [5.74, 6) is 0.272. The Bertz CT molecular complexity index is 290. The van der Waals surface area contributed by atoms with E-state index >= 15 is 0 Å². The minimum atomic E-state index is -0.0908. The van der Waals surface area contributed by atoms with E-state index in [1.807, 2.05) is 20.8 Å². The zero-order chi connectivity index (χ0) is 13.9. The van der Waals surface area contributed by atoms with Crippen molar-refractivity contribution in [2.45, 2.75) is 53.2 Å². The molecular formula is C14H28N2O2. The van der Waals surface area contributed by atoms with Gasteiger partial charge in [0.1, 0.15) is 0 Å². The summed E-state index contributed by atoms with van der Waals surface area (Å²) in [5.41, 5.74) is 5.68. The maximum absolute atomic E-state index is 12.1. The summed E-state index contributed by atoms with van der Waals surface area (Å²) in [6.07, 6.45) is 1.16. The first-order valence-electron chi connectivity index (χ1n) is 6.96. The molecule has 106 valence electrons. The van der Waals surface area contributed by atoms with Gasteiger partial charge in [0, 0.05) is 24.6 Å². The molecule has 1 fully saturated rings. The van der Waals surface area contributed by atoms with Crippen molar-refractivity contribution < 1.29 is 9.53 Å². The van der Waals surface area contributed by atoms with Crippen LogP contribution in [0.2, 0.25) is 0 Å². The molecule has 18 heavy (non-hydrogen) atoms. The van der Waals surface area contributed by atoms with Gasteiger partial charge in [-0.15, -0.1) is 0 Å². The molecule has 3 unspecified atom stereocenters. The second-order valence-corrected chi connectivity index (χ2v) is 6.15. The maximum Gasteiger partial charge on any atom is 0.224 e. The molecule has 1 aliphatic rings. The summed E-state index contributed by atoms with van der Waals surface area (Å²) in [6.45, 7) is 11.5. The smallest absolute Gasteiger partial charge is 0.224 e. The molecule has 0 aromatic rings. The summed E-state index contributed by atoms with van der Waals surface area (Å²) in [6, 6.07) is 0.203. The number of amides is 1. The van der Waals surface area contributed by atoms with Crippen LogP contribution in [-0.4, -0.2) is 31.2 Å². The minimum Gasteiger partial charge on any atom is -0.378 e. The van der Waals surface area contributed by atoms with E-state index < -0.39 is 0 Å². The fourth-order valence-corrected chi connectivity index (χ4v) is 2.58. The molecule has 0 saturated heterocycles. The van der Waals surface area contributed by atoms with Crippen LogP contribution < -0.4 is 11.1 Å². The quantitative estimate of drug-likeness (QED) is 0.757. The Balaban J connectivity index is 2.52. The predicted octanol–water partition coefficient (Wildman–Crippen LogP) is 1.54. The first kappa shape index (κ1) is 15.4. The van der Waals surface area contributed by atoms with Crippen LogP contribution in [0, 0.1) is 17.3 Å². The molecule has 0 aromatic carbocycles. The van der Waals surface area contributed by atoms with Gasteiger partial charge in [-0.2, -0.15) is 0 Å². The van der Waals surface area contributed by atoms with Gasteiger partial charge in [-0.1, -0.05) is 27.7 Å². The second kappa shape index (κ2) is 6.02. The molecule has 0 spiro atoms. The van der Waals surface area contributed by atoms with E-state index in [0.717, 1.165) is 13.0 Å². The van der Waals surface area contributed by atoms with Gasteiger partial charge in [0.25, 0.3) is 0 Å². The molecule has 4 heteroatoms. The Labute approximate surface area is 111 Å². The number of nitrogens with one attached hydrogen (secondary N) is 1. The molecule has 0 aliphatic heterocycles. The summed E-state index contributed by atoms with van der Waals surface area (Å²) in [4.78, 5) is 12.1. The standard InChI is InChI=1S/C14H28N2O2/c1-6-18-12-7-11(14(12,4)5)16-13(17)10(8-15)9(2)3/h9-12H,6-8,15H2,1-5H3,(H,16,17). The SMILES string of the molecule is CCOC1CC(NC(=O)C(CN)C(C)C)C1(C)C. The Hall–Kier alpha value is -0.610. The van der Waals surface area contributed by atoms with E-state index in [9.17, 15) is 4.79 Å². The molecule has 1 rings (SSSR count). The minimum absolute atomic E-state index is 0.0157. The van der Waals surface area contributed by atoms with Crippen molar-refractivity contribution >= 4 is 5.91 Å². The molecule has 3 N–H and O–H groups in total. The lowest BCUT2D eigenvalue weighted by Gasteiger charge is -2.52. The normalized spacial score (nSPS) is 27.7. The van der Waals surface area contributed by atoms with E-state index in [-0.39, 0.29) is 35.3 Å². The molecule has 0 bridgehead atoms. The lowest BCUT2D eigenvalue weighted by atomic mass is 9.64. The van der Waals surface area contributed by atoms with E-state index in [4.69, 9.17) is 10.5 Å². The number of hydrogen-bond donors (Lipinski definition) is 2. The predicted molar refractivity (Wildman–Crippen MR) is 73.1 cm³/mol. The number of carbonyl (C=O) groups excluding carboxylic acids is 1. The Morgan fingerprint density at radius 3 is 2.50 bits per heavy atom. The molecule has 1 saturated carbocycles. The zero-order valence-electron chi connectivity index (χ0n) is 12.3. The molecule has 1 aliphatic carbocycles. The van der Waals surface area contributed by atoms with Gasteiger partial charge in [-0.05, 0) is 19.3 Å². The third-order valence-corrected chi connectivity index (χ3v) is 4.26. The first-order chi connectivity index (χ1) is 8.34. The van der Waals surface area contributed by atoms with Crippen molar-refractivity contribution in [3.63, 3.8) is 0 Å². The number of rotatable bonds is 6. The summed E-state index contributed by atoms with van der Waals surface area (Å²) < 4.78 is 5.66. The van der Waals surface area contributed by atoms with Gasteiger partial charge in [0.2, 0.25) is 5.91 Å². The molecule has 3 atom stereocenters. The van der Waals surface area contributed by atoms with Gasteiger partial charge >= 0.3 is 0 Å². The Morgan fingerprint density at radius 2 is 2.11 bits per heavy atom. The van der Waals surface area contributed by atoms with Gasteiger partial charge in [-0.3, -0.25) is 4.79 Å². The molecule has 1 amide bonds. The highest BCUT2D eigenvalue weighted by Crippen LogP contribution is 2.42. The van der Waals surface area contributed by atoms with Gasteiger partial charge in [-0.25, -0.2) is 0 Å². The maximum atomic E-state index is 12.1. The third kappa shape index (κ3) is 3.04. The van der Waals surface area contributed by atoms with Crippen LogP contribution in [0.3, 0.4) is 0 Å². The molecule has 0 heterocycles. The summed E-state index contributed by atoms with van der Waals surface area (Å²) in [7, 11) is 0. The van der Waals surface area contributed by atoms with Crippen LogP contribution in [0.25, 0.3) is 0 Å². The Morgan fingerprint density at radius 1 is 1.50 bits per heavy atom. The monoisotopic (exact) mass is 256 g/mol. The third-order valence-electron chi connectivity index (χ3n) is 4.26.